The van der Waals surface area contributed by atoms with Gasteiger partial charge < -0.3 is 15.2 Å². The molecule has 2 heterocycles. The van der Waals surface area contributed by atoms with Crippen LogP contribution in [0.1, 0.15) is 47.1 Å². The van der Waals surface area contributed by atoms with Crippen LogP contribution in [0.3, 0.4) is 0 Å². The van der Waals surface area contributed by atoms with E-state index in [1.807, 2.05) is 38.1 Å². The maximum atomic E-state index is 12.8. The number of rotatable bonds is 6. The fraction of sp³-hybridized carbons (Fsp3) is 0.500. The summed E-state index contributed by atoms with van der Waals surface area (Å²) in [6, 6.07) is 7.79. The van der Waals surface area contributed by atoms with Gasteiger partial charge in [-0.2, -0.15) is 0 Å². The Labute approximate surface area is 159 Å². The first-order valence-corrected chi connectivity index (χ1v) is 10.1. The van der Waals surface area contributed by atoms with Crippen LogP contribution >= 0.6 is 11.8 Å². The highest BCUT2D eigenvalue weighted by molar-refractivity contribution is 7.98. The molecule has 2 aromatic rings. The van der Waals surface area contributed by atoms with E-state index < -0.39 is 0 Å². The van der Waals surface area contributed by atoms with Crippen molar-refractivity contribution in [2.24, 2.45) is 5.41 Å². The summed E-state index contributed by atoms with van der Waals surface area (Å²) >= 11 is 1.65. The van der Waals surface area contributed by atoms with Gasteiger partial charge in [0.2, 0.25) is 0 Å². The van der Waals surface area contributed by atoms with Crippen molar-refractivity contribution in [2.45, 2.75) is 44.3 Å². The van der Waals surface area contributed by atoms with Crippen LogP contribution in [-0.4, -0.2) is 30.7 Å². The number of carbonyl (C=O) groups is 1. The van der Waals surface area contributed by atoms with Crippen molar-refractivity contribution in [1.82, 2.24) is 15.8 Å². The number of nitrogens with one attached hydrogen (secondary N) is 2. The molecule has 1 aromatic carbocycles. The number of hydrogen-bond acceptors (Lipinski definition) is 5. The van der Waals surface area contributed by atoms with E-state index in [2.05, 4.69) is 22.7 Å². The Balaban J connectivity index is 1.65. The van der Waals surface area contributed by atoms with Crippen molar-refractivity contribution in [3.8, 4) is 0 Å². The summed E-state index contributed by atoms with van der Waals surface area (Å²) in [5.74, 6) is 1.59. The third kappa shape index (κ3) is 4.48. The highest BCUT2D eigenvalue weighted by Gasteiger charge is 2.27. The molecule has 0 aliphatic carbocycles. The maximum Gasteiger partial charge on any atom is 0.252 e. The summed E-state index contributed by atoms with van der Waals surface area (Å²) in [6.07, 6.45) is 2.19. The van der Waals surface area contributed by atoms with Crippen LogP contribution in [0, 0.1) is 19.3 Å². The summed E-state index contributed by atoms with van der Waals surface area (Å²) in [6.45, 7) is 8.90. The van der Waals surface area contributed by atoms with E-state index in [1.54, 1.807) is 11.8 Å². The van der Waals surface area contributed by atoms with Gasteiger partial charge in [0.1, 0.15) is 5.76 Å². The third-order valence-electron chi connectivity index (χ3n) is 5.17. The van der Waals surface area contributed by atoms with Crippen molar-refractivity contribution in [3.05, 3.63) is 46.8 Å². The lowest BCUT2D eigenvalue weighted by atomic mass is 9.81. The molecule has 3 rings (SSSR count). The molecule has 0 unspecified atom stereocenters. The second-order valence-electron chi connectivity index (χ2n) is 7.33. The molecule has 0 saturated carbocycles. The van der Waals surface area contributed by atoms with Gasteiger partial charge in [-0.05, 0) is 57.3 Å². The van der Waals surface area contributed by atoms with E-state index in [-0.39, 0.29) is 11.3 Å². The summed E-state index contributed by atoms with van der Waals surface area (Å²) < 4.78 is 5.23. The summed E-state index contributed by atoms with van der Waals surface area (Å²) in [4.78, 5) is 13.8. The quantitative estimate of drug-likeness (QED) is 0.756. The zero-order chi connectivity index (χ0) is 18.6. The highest BCUT2D eigenvalue weighted by atomic mass is 32.2. The van der Waals surface area contributed by atoms with Crippen molar-refractivity contribution in [2.75, 3.05) is 19.6 Å². The molecule has 0 bridgehead atoms. The van der Waals surface area contributed by atoms with Gasteiger partial charge >= 0.3 is 0 Å². The fourth-order valence-corrected chi connectivity index (χ4v) is 4.44. The molecule has 1 aliphatic rings. The molecule has 0 atom stereocenters. The number of carbonyl (C=O) groups excluding carboxylic acids is 1. The zero-order valence-electron chi connectivity index (χ0n) is 15.7. The topological polar surface area (TPSA) is 67.2 Å². The zero-order valence-corrected chi connectivity index (χ0v) is 16.5. The normalized spacial score (nSPS) is 16.4. The smallest absolute Gasteiger partial charge is 0.252 e. The molecule has 140 valence electrons. The molecule has 26 heavy (non-hydrogen) atoms. The van der Waals surface area contributed by atoms with Gasteiger partial charge in [0, 0.05) is 22.8 Å². The van der Waals surface area contributed by atoms with E-state index in [4.69, 9.17) is 4.52 Å². The van der Waals surface area contributed by atoms with Crippen LogP contribution in [0.4, 0.5) is 0 Å². The van der Waals surface area contributed by atoms with E-state index >= 15 is 0 Å². The Morgan fingerprint density at radius 3 is 2.73 bits per heavy atom. The van der Waals surface area contributed by atoms with E-state index in [0.29, 0.717) is 0 Å². The van der Waals surface area contributed by atoms with Gasteiger partial charge in [0.05, 0.1) is 11.3 Å². The average molecular weight is 374 g/mol. The Morgan fingerprint density at radius 2 is 2.04 bits per heavy atom. The molecule has 1 fully saturated rings. The van der Waals surface area contributed by atoms with Crippen LogP contribution in [0.25, 0.3) is 0 Å². The number of benzene rings is 1. The number of aromatic nitrogens is 1. The van der Waals surface area contributed by atoms with Gasteiger partial charge in [0.25, 0.3) is 5.91 Å². The second-order valence-corrected chi connectivity index (χ2v) is 8.35. The standard InChI is InChI=1S/C20H27N3O2S/c1-14-17(15(2)25-23-14)12-26-18-7-5-4-6-16(18)19(24)22-13-20(3)8-10-21-11-9-20/h4-7,21H,8-13H2,1-3H3,(H,22,24). The minimum Gasteiger partial charge on any atom is -0.361 e. The maximum absolute atomic E-state index is 12.8. The lowest BCUT2D eigenvalue weighted by Crippen LogP contribution is -2.43. The average Bonchev–Trinajstić information content (AvgIpc) is 2.97. The van der Waals surface area contributed by atoms with Crippen molar-refractivity contribution in [3.63, 3.8) is 0 Å². The van der Waals surface area contributed by atoms with E-state index in [1.165, 1.54) is 0 Å². The molecule has 6 heteroatoms. The first-order valence-electron chi connectivity index (χ1n) is 9.11. The Bertz CT molecular complexity index is 747. The van der Waals surface area contributed by atoms with Crippen LogP contribution < -0.4 is 10.6 Å². The molecule has 0 spiro atoms. The lowest BCUT2D eigenvalue weighted by molar-refractivity contribution is 0.0919. The third-order valence-corrected chi connectivity index (χ3v) is 6.27. The Kier molecular flexibility index (Phi) is 6.04. The monoisotopic (exact) mass is 373 g/mol. The van der Waals surface area contributed by atoms with Crippen molar-refractivity contribution < 1.29 is 9.32 Å². The number of hydrogen-bond donors (Lipinski definition) is 2. The minimum atomic E-state index is 0.00613. The molecule has 1 saturated heterocycles. The number of piperidine rings is 1. The highest BCUT2D eigenvalue weighted by Crippen LogP contribution is 2.30. The first-order chi connectivity index (χ1) is 12.5. The van der Waals surface area contributed by atoms with Crippen molar-refractivity contribution >= 4 is 17.7 Å². The van der Waals surface area contributed by atoms with Gasteiger partial charge in [-0.25, -0.2) is 0 Å². The number of aryl methyl sites for hydroxylation is 2. The van der Waals surface area contributed by atoms with Gasteiger partial charge in [-0.3, -0.25) is 4.79 Å². The van der Waals surface area contributed by atoms with Crippen LogP contribution in [0.2, 0.25) is 0 Å². The summed E-state index contributed by atoms with van der Waals surface area (Å²) in [5, 5.41) is 10.5. The van der Waals surface area contributed by atoms with Crippen LogP contribution in [0.5, 0.6) is 0 Å². The molecular weight excluding hydrogens is 346 g/mol. The molecule has 1 amide bonds. The fourth-order valence-electron chi connectivity index (χ4n) is 3.23. The SMILES string of the molecule is Cc1noc(C)c1CSc1ccccc1C(=O)NCC1(C)CCNCC1. The second kappa shape index (κ2) is 8.27. The molecule has 0 radical (unpaired) electrons. The van der Waals surface area contributed by atoms with Gasteiger partial charge in [0.15, 0.2) is 0 Å². The molecule has 2 N–H and O–H groups in total. The Hall–Kier alpha value is -1.79. The first kappa shape index (κ1) is 19.0. The number of amides is 1. The van der Waals surface area contributed by atoms with Gasteiger partial charge in [-0.1, -0.05) is 24.2 Å². The largest absolute Gasteiger partial charge is 0.361 e. The Morgan fingerprint density at radius 1 is 1.31 bits per heavy atom. The van der Waals surface area contributed by atoms with E-state index in [9.17, 15) is 4.79 Å². The summed E-state index contributed by atoms with van der Waals surface area (Å²) in [7, 11) is 0. The molecule has 1 aromatic heterocycles. The molecule has 1 aliphatic heterocycles. The number of nitrogens with zero attached hydrogens (tertiary/aromatic N) is 1. The van der Waals surface area contributed by atoms with Crippen molar-refractivity contribution in [1.29, 1.82) is 0 Å². The summed E-state index contributed by atoms with van der Waals surface area (Å²) in [5.41, 5.74) is 2.93. The van der Waals surface area contributed by atoms with Crippen LogP contribution in [0.15, 0.2) is 33.7 Å². The van der Waals surface area contributed by atoms with Crippen LogP contribution in [-0.2, 0) is 5.75 Å². The number of thioether (sulfide) groups is 1. The van der Waals surface area contributed by atoms with Gasteiger partial charge in [-0.15, -0.1) is 11.8 Å². The van der Waals surface area contributed by atoms with E-state index in [0.717, 1.165) is 65.7 Å². The molecular formula is C20H27N3O2S. The minimum absolute atomic E-state index is 0.00613. The molecule has 5 nitrogen and oxygen atoms in total. The predicted octanol–water partition coefficient (Wildman–Crippen LogP) is 3.70. The predicted molar refractivity (Wildman–Crippen MR) is 105 cm³/mol. The lowest BCUT2D eigenvalue weighted by Gasteiger charge is -2.34.